The summed E-state index contributed by atoms with van der Waals surface area (Å²) in [5.74, 6) is -17.3. The van der Waals surface area contributed by atoms with Crippen molar-refractivity contribution < 1.29 is 92.2 Å². The van der Waals surface area contributed by atoms with Crippen LogP contribution in [0.25, 0.3) is 0 Å². The summed E-state index contributed by atoms with van der Waals surface area (Å²) in [6, 6.07) is -3.20. The number of aliphatic imine (C=N–C) groups is 1. The third-order valence-electron chi connectivity index (χ3n) is 16.1. The molecule has 0 saturated carbocycles. The Kier molecular flexibility index (Phi) is 31.9. The van der Waals surface area contributed by atoms with Crippen LogP contribution in [0.1, 0.15) is 125 Å². The monoisotopic (exact) mass is 1390 g/mol. The molecule has 0 aliphatic carbocycles. The van der Waals surface area contributed by atoms with Gasteiger partial charge in [0, 0.05) is 19.5 Å². The molecule has 2 aliphatic heterocycles. The van der Waals surface area contributed by atoms with E-state index >= 15 is 14.4 Å². The van der Waals surface area contributed by atoms with Gasteiger partial charge in [0.1, 0.15) is 60.0 Å². The van der Waals surface area contributed by atoms with Gasteiger partial charge in [-0.2, -0.15) is 0 Å². The highest BCUT2D eigenvalue weighted by molar-refractivity contribution is 6.00. The lowest BCUT2D eigenvalue weighted by atomic mass is 9.95. The zero-order chi connectivity index (χ0) is 74.2. The second-order valence-corrected chi connectivity index (χ2v) is 26.2. The van der Waals surface area contributed by atoms with E-state index in [0.29, 0.717) is 12.0 Å². The molecule has 15 atom stereocenters. The summed E-state index contributed by atoms with van der Waals surface area (Å²) in [6.07, 6.45) is -9.03. The number of likely N-dealkylation sites (tertiary alicyclic amines) is 1. The Morgan fingerprint density at radius 3 is 1.84 bits per heavy atom. The minimum atomic E-state index is -2.60. The molecule has 2 saturated heterocycles. The molecule has 20 N–H and O–H groups in total. The molecule has 34 nitrogen and oxygen atoms in total. The van der Waals surface area contributed by atoms with Gasteiger partial charge in [0.25, 0.3) is 0 Å². The van der Waals surface area contributed by atoms with E-state index in [1.807, 2.05) is 10.6 Å². The van der Waals surface area contributed by atoms with E-state index in [2.05, 4.69) is 47.5 Å². The van der Waals surface area contributed by atoms with Gasteiger partial charge in [0.2, 0.25) is 65.0 Å². The lowest BCUT2D eigenvalue weighted by molar-refractivity contribution is -0.159. The van der Waals surface area contributed by atoms with Crippen molar-refractivity contribution in [3.63, 3.8) is 0 Å². The second-order valence-electron chi connectivity index (χ2n) is 26.2. The zero-order valence-corrected chi connectivity index (χ0v) is 57.4. The number of primary amides is 1. The Hall–Kier alpha value is -9.54. The zero-order valence-electron chi connectivity index (χ0n) is 57.4. The largest absolute Gasteiger partial charge is 0.453 e. The highest BCUT2D eigenvalue weighted by atomic mass is 16.6. The fourth-order valence-corrected chi connectivity index (χ4v) is 10.6. The minimum Gasteiger partial charge on any atom is -0.453 e. The molecule has 0 aromatic heterocycles. The molecule has 0 bridgehead atoms. The van der Waals surface area contributed by atoms with Crippen LogP contribution < -0.4 is 70.4 Å². The second kappa shape index (κ2) is 38.6. The van der Waals surface area contributed by atoms with Gasteiger partial charge in [0.05, 0.1) is 25.4 Å². The van der Waals surface area contributed by atoms with E-state index in [9.17, 15) is 68.4 Å². The average molecular weight is 1390 g/mol. The average Bonchev–Trinajstić information content (AvgIpc) is 1.37. The molecule has 0 unspecified atom stereocenters. The highest BCUT2D eigenvalue weighted by Crippen LogP contribution is 2.26. The summed E-state index contributed by atoms with van der Waals surface area (Å²) < 4.78 is 11.6. The minimum absolute atomic E-state index is 0.0291. The van der Waals surface area contributed by atoms with Crippen molar-refractivity contribution in [3.05, 3.63) is 71.8 Å². The summed E-state index contributed by atoms with van der Waals surface area (Å²) in [5, 5.41) is 68.6. The van der Waals surface area contributed by atoms with Crippen LogP contribution >= 0.6 is 0 Å². The van der Waals surface area contributed by atoms with Gasteiger partial charge in [-0.25, -0.2) is 9.59 Å². The first-order chi connectivity index (χ1) is 46.5. The van der Waals surface area contributed by atoms with E-state index in [-0.39, 0.29) is 63.1 Å². The smallest absolute Gasteiger partial charge is 0.410 e. The number of aliphatic hydroxyl groups excluding tert-OH is 4. The van der Waals surface area contributed by atoms with E-state index < -0.39 is 198 Å². The number of nitrogens with zero attached hydrogens (tertiary/aromatic N) is 2. The third-order valence-corrected chi connectivity index (χ3v) is 16.1. The summed E-state index contributed by atoms with van der Waals surface area (Å²) in [5.41, 5.74) is 15.9. The Labute approximate surface area is 573 Å². The number of guanidine groups is 1. The number of cyclic esters (lactones) is 1. The predicted molar refractivity (Wildman–Crippen MR) is 355 cm³/mol. The molecule has 12 amide bonds. The van der Waals surface area contributed by atoms with E-state index in [4.69, 9.17) is 26.7 Å². The SMILES string of the molecule is CC[C@H](C)[C@@H]1NC(=O)[C@@H](CCCN=C(N)N)NC(=O)[C@H](CC(C)C)NC(=O)[C@H]([C@H](O)C(C)C)NC(=O)[C@@H](NC(=O)[C@H](Cc2ccccc2)NC(=O)[C@H]2CCCN2C(=O)OC(C)(C)C)[C@@H](c2ccccc2)OC(=O)[C@H](CO)NC(=O)[C@H]([C@H](O)C(N)=O)NC(=O)CNC(=O)[C@H]([C@H](C)O)NC1=O. The molecule has 34 heteroatoms. The van der Waals surface area contributed by atoms with E-state index in [1.54, 1.807) is 78.8 Å². The fourth-order valence-electron chi connectivity index (χ4n) is 10.6. The highest BCUT2D eigenvalue weighted by Gasteiger charge is 2.45. The van der Waals surface area contributed by atoms with Crippen molar-refractivity contribution in [1.29, 1.82) is 0 Å². The molecule has 2 heterocycles. The molecule has 2 fully saturated rings. The van der Waals surface area contributed by atoms with Crippen molar-refractivity contribution in [3.8, 4) is 0 Å². The molecular weight excluding hydrogens is 1290 g/mol. The number of ether oxygens (including phenoxy) is 2. The number of hydrogen-bond acceptors (Lipinski definition) is 20. The number of aliphatic hydroxyl groups is 4. The van der Waals surface area contributed by atoms with Gasteiger partial charge in [-0.05, 0) is 88.7 Å². The number of benzene rings is 2. The molecule has 4 rings (SSSR count). The summed E-state index contributed by atoms with van der Waals surface area (Å²) >= 11 is 0. The van der Waals surface area contributed by atoms with Crippen molar-refractivity contribution in [1.82, 2.24) is 58.1 Å². The third kappa shape index (κ3) is 25.4. The summed E-state index contributed by atoms with van der Waals surface area (Å²) in [4.78, 5) is 191. The first-order valence-electron chi connectivity index (χ1n) is 32.8. The molecule has 0 radical (unpaired) electrons. The first kappa shape index (κ1) is 81.9. The van der Waals surface area contributed by atoms with Gasteiger partial charge in [0.15, 0.2) is 24.2 Å². The van der Waals surface area contributed by atoms with Gasteiger partial charge >= 0.3 is 12.1 Å². The number of carbonyl (C=O) groups is 13. The maximum Gasteiger partial charge on any atom is 0.410 e. The van der Waals surface area contributed by atoms with Gasteiger partial charge in [-0.15, -0.1) is 0 Å². The molecular formula is C65H99N15O19. The maximum absolute atomic E-state index is 15.7. The lowest BCUT2D eigenvalue weighted by Gasteiger charge is -2.34. The van der Waals surface area contributed by atoms with Crippen LogP contribution in [0.2, 0.25) is 0 Å². The normalized spacial score (nSPS) is 24.7. The Balaban J connectivity index is 2.01. The van der Waals surface area contributed by atoms with Gasteiger partial charge in [-0.1, -0.05) is 109 Å². The van der Waals surface area contributed by atoms with Crippen LogP contribution in [0, 0.1) is 17.8 Å². The molecule has 2 aliphatic rings. The van der Waals surface area contributed by atoms with E-state index in [0.717, 1.165) is 6.92 Å². The van der Waals surface area contributed by atoms with Crippen molar-refractivity contribution >= 4 is 83.0 Å². The Morgan fingerprint density at radius 2 is 1.27 bits per heavy atom. The molecule has 99 heavy (non-hydrogen) atoms. The number of nitrogens with two attached hydrogens (primary N) is 3. The van der Waals surface area contributed by atoms with Crippen molar-refractivity contribution in [2.75, 3.05) is 26.2 Å². The van der Waals surface area contributed by atoms with Crippen LogP contribution in [0.15, 0.2) is 65.7 Å². The number of hydrogen-bond donors (Lipinski definition) is 17. The summed E-state index contributed by atoms with van der Waals surface area (Å²) in [6.45, 7) is 13.1. The van der Waals surface area contributed by atoms with Crippen LogP contribution in [0.3, 0.4) is 0 Å². The fraction of sp³-hybridized carbons (Fsp3) is 0.600. The number of esters is 1. The molecule has 2 aromatic rings. The van der Waals surface area contributed by atoms with Crippen LogP contribution in [0.5, 0.6) is 0 Å². The molecule has 548 valence electrons. The topological polar surface area (TPSA) is 535 Å². The van der Waals surface area contributed by atoms with E-state index in [1.165, 1.54) is 49.1 Å². The van der Waals surface area contributed by atoms with Crippen LogP contribution in [-0.2, 0) is 73.4 Å². The van der Waals surface area contributed by atoms with Crippen molar-refractivity contribution in [2.24, 2.45) is 39.9 Å². The molecule has 0 spiro atoms. The van der Waals surface area contributed by atoms with Crippen molar-refractivity contribution in [2.45, 2.75) is 205 Å². The Bertz CT molecular complexity index is 3170. The quantitative estimate of drug-likeness (QED) is 0.0244. The van der Waals surface area contributed by atoms with Gasteiger partial charge in [-0.3, -0.25) is 62.6 Å². The Morgan fingerprint density at radius 1 is 0.707 bits per heavy atom. The maximum atomic E-state index is 15.7. The number of rotatable bonds is 21. The van der Waals surface area contributed by atoms with Gasteiger partial charge < -0.3 is 100 Å². The predicted octanol–water partition coefficient (Wildman–Crippen LogP) is -4.21. The number of carbonyl (C=O) groups excluding carboxylic acids is 13. The number of nitrogens with one attached hydrogen (secondary N) is 10. The lowest BCUT2D eigenvalue weighted by Crippen LogP contribution is -2.64. The first-order valence-corrected chi connectivity index (χ1v) is 32.8. The summed E-state index contributed by atoms with van der Waals surface area (Å²) in [7, 11) is 0. The standard InChI is InChI=1S/C65H99N15O19/c1-11-34(6)44-58(92)77-45(35(7)82)57(91)70-30-43(83)75-47(50(85)52(66)86)60(94)74-41(31-81)62(96)98-51(37-22-16-13-17-23-37)48(79-55(89)40(29-36-20-14-12-15-21-36)72-56(90)42-25-19-27-80(42)64(97)99-65(8,9)10)61(95)78-46(49(84)33(4)5)59(93)73-39(28-32(2)3)54(88)71-38(53(87)76-44)24-18-26-69-63(67)68/h12-17,20-23,32-35,38-42,44-51,81-82,84-85H,11,18-19,24-31H2,1-10H3,(H2,66,86)(H,70,91)(H,71,88)(H,72,90)(H,73,93)(H,74,94)(H,75,83)(H,76,87)(H,77,92)(H,78,95)(H,79,89)(H4,67,68,69)/t34-,35-,38+,39-,40-,41-,42+,44-,45-,46-,47-,48-,49+,50-,51+/m0/s1. The van der Waals surface area contributed by atoms with Crippen LogP contribution in [0.4, 0.5) is 4.79 Å². The number of amides is 12. The van der Waals surface area contributed by atoms with Crippen LogP contribution in [-0.4, -0.2) is 219 Å². The molecule has 2 aromatic carbocycles.